The maximum Gasteiger partial charge on any atom is 0.301 e. The number of thiazole rings is 1. The molecule has 3 aromatic carbocycles. The lowest BCUT2D eigenvalue weighted by atomic mass is 9.95. The van der Waals surface area contributed by atoms with Gasteiger partial charge in [0.2, 0.25) is 0 Å². The zero-order valence-corrected chi connectivity index (χ0v) is 20.6. The number of aromatic nitrogens is 1. The number of rotatable bonds is 3. The summed E-state index contributed by atoms with van der Waals surface area (Å²) < 4.78 is 15.2. The average Bonchev–Trinajstić information content (AvgIpc) is 3.33. The van der Waals surface area contributed by atoms with Gasteiger partial charge in [0.05, 0.1) is 21.8 Å². The quantitative estimate of drug-likeness (QED) is 0.186. The molecule has 1 amide bonds. The fraction of sp³-hybridized carbons (Fsp3) is 0.115. The highest BCUT2D eigenvalue weighted by atomic mass is 79.9. The highest BCUT2D eigenvalue weighted by molar-refractivity contribution is 9.10. The van der Waals surface area contributed by atoms with Crippen LogP contribution in [-0.2, 0) is 9.59 Å². The molecule has 170 valence electrons. The minimum absolute atomic E-state index is 0.0638. The van der Waals surface area contributed by atoms with E-state index in [1.54, 1.807) is 24.3 Å². The molecular formula is C26H18BrFN2O3S. The molecule has 1 N–H and O–H groups in total. The number of carbonyl (C=O) groups excluding carboxylic acids is 2. The minimum Gasteiger partial charge on any atom is -0.507 e. The van der Waals surface area contributed by atoms with Crippen molar-refractivity contribution < 1.29 is 19.1 Å². The third-order valence-electron chi connectivity index (χ3n) is 5.77. The smallest absolute Gasteiger partial charge is 0.301 e. The second-order valence-corrected chi connectivity index (χ2v) is 10.1. The fourth-order valence-electron chi connectivity index (χ4n) is 4.22. The van der Waals surface area contributed by atoms with Crippen molar-refractivity contribution in [2.45, 2.75) is 19.9 Å². The first-order valence-electron chi connectivity index (χ1n) is 10.4. The summed E-state index contributed by atoms with van der Waals surface area (Å²) in [5.74, 6) is -2.42. The van der Waals surface area contributed by atoms with Crippen LogP contribution >= 0.6 is 27.3 Å². The summed E-state index contributed by atoms with van der Waals surface area (Å²) in [6.45, 7) is 3.94. The van der Waals surface area contributed by atoms with Gasteiger partial charge in [0.1, 0.15) is 11.6 Å². The van der Waals surface area contributed by atoms with Gasteiger partial charge in [-0.25, -0.2) is 9.37 Å². The molecule has 4 aromatic rings. The van der Waals surface area contributed by atoms with Gasteiger partial charge in [0, 0.05) is 10.0 Å². The molecule has 1 aliphatic heterocycles. The zero-order valence-electron chi connectivity index (χ0n) is 18.2. The maximum atomic E-state index is 13.5. The van der Waals surface area contributed by atoms with E-state index < -0.39 is 23.5 Å². The summed E-state index contributed by atoms with van der Waals surface area (Å²) in [7, 11) is 0. The normalized spacial score (nSPS) is 17.6. The van der Waals surface area contributed by atoms with E-state index in [4.69, 9.17) is 4.98 Å². The van der Waals surface area contributed by atoms with E-state index in [9.17, 15) is 19.1 Å². The highest BCUT2D eigenvalue weighted by Gasteiger charge is 2.48. The van der Waals surface area contributed by atoms with Gasteiger partial charge >= 0.3 is 5.91 Å². The molecule has 5 nitrogen and oxygen atoms in total. The second-order valence-electron chi connectivity index (χ2n) is 8.15. The Morgan fingerprint density at radius 2 is 1.74 bits per heavy atom. The van der Waals surface area contributed by atoms with Gasteiger partial charge in [-0.2, -0.15) is 0 Å². The first-order valence-corrected chi connectivity index (χ1v) is 12.1. The Balaban J connectivity index is 1.74. The number of halogens is 2. The Labute approximate surface area is 207 Å². The van der Waals surface area contributed by atoms with Crippen LogP contribution in [0.4, 0.5) is 9.52 Å². The van der Waals surface area contributed by atoms with Crippen LogP contribution in [0.3, 0.4) is 0 Å². The number of carbonyl (C=O) groups is 2. The van der Waals surface area contributed by atoms with Gasteiger partial charge in [0.15, 0.2) is 5.13 Å². The number of fused-ring (bicyclic) bond motifs is 1. The number of Topliss-reactive ketones (excluding diaryl/α,β-unsaturated/α-hetero) is 1. The Hall–Kier alpha value is -3.36. The molecule has 0 spiro atoms. The van der Waals surface area contributed by atoms with Crippen LogP contribution in [0.15, 0.2) is 70.7 Å². The van der Waals surface area contributed by atoms with Crippen molar-refractivity contribution in [2.24, 2.45) is 0 Å². The molecule has 5 rings (SSSR count). The number of aliphatic hydroxyl groups is 1. The van der Waals surface area contributed by atoms with Gasteiger partial charge in [0.25, 0.3) is 5.78 Å². The first-order chi connectivity index (χ1) is 16.2. The monoisotopic (exact) mass is 536 g/mol. The minimum atomic E-state index is -0.889. The van der Waals surface area contributed by atoms with E-state index in [1.165, 1.54) is 40.5 Å². The van der Waals surface area contributed by atoms with Crippen molar-refractivity contribution >= 4 is 60.1 Å². The molecule has 0 bridgehead atoms. The SMILES string of the molecule is Cc1cc(C)c2nc(N3C(=O)C(=O)C(=C(O)c4ccc(F)cc4)[C@@H]3c3ccc(Br)cc3)sc2c1. The molecule has 34 heavy (non-hydrogen) atoms. The van der Waals surface area contributed by atoms with Crippen molar-refractivity contribution in [3.63, 3.8) is 0 Å². The second kappa shape index (κ2) is 8.45. The molecule has 0 unspecified atom stereocenters. The lowest BCUT2D eigenvalue weighted by molar-refractivity contribution is -0.132. The molecule has 8 heteroatoms. The van der Waals surface area contributed by atoms with Crippen LogP contribution in [0.25, 0.3) is 16.0 Å². The predicted molar refractivity (Wildman–Crippen MR) is 134 cm³/mol. The summed E-state index contributed by atoms with van der Waals surface area (Å²) in [4.78, 5) is 32.6. The van der Waals surface area contributed by atoms with Crippen molar-refractivity contribution in [3.8, 4) is 0 Å². The number of ketones is 1. The molecule has 1 atom stereocenters. The van der Waals surface area contributed by atoms with Crippen LogP contribution in [0.5, 0.6) is 0 Å². The van der Waals surface area contributed by atoms with Crippen molar-refractivity contribution in [1.29, 1.82) is 0 Å². The number of nitrogens with zero attached hydrogens (tertiary/aromatic N) is 2. The molecule has 0 radical (unpaired) electrons. The van der Waals surface area contributed by atoms with Crippen molar-refractivity contribution in [3.05, 3.63) is 98.8 Å². The molecule has 0 aliphatic carbocycles. The van der Waals surface area contributed by atoms with E-state index in [2.05, 4.69) is 15.9 Å². The summed E-state index contributed by atoms with van der Waals surface area (Å²) in [5.41, 5.74) is 3.63. The molecule has 1 fully saturated rings. The van der Waals surface area contributed by atoms with Crippen LogP contribution in [0.1, 0.15) is 28.3 Å². The molecular weight excluding hydrogens is 519 g/mol. The Morgan fingerprint density at radius 1 is 1.06 bits per heavy atom. The fourth-order valence-corrected chi connectivity index (χ4v) is 5.65. The molecule has 1 saturated heterocycles. The largest absolute Gasteiger partial charge is 0.507 e. The van der Waals surface area contributed by atoms with Crippen molar-refractivity contribution in [1.82, 2.24) is 4.98 Å². The van der Waals surface area contributed by atoms with E-state index in [1.807, 2.05) is 26.0 Å². The third kappa shape index (κ3) is 3.73. The number of benzene rings is 3. The standard InChI is InChI=1S/C26H18BrFN2O3S/c1-13-11-14(2)21-19(12-13)34-26(29-21)30-22(15-3-7-17(27)8-4-15)20(24(32)25(30)33)23(31)16-5-9-18(28)10-6-16/h3-12,22,31H,1-2H3/t22-/m0/s1. The van der Waals surface area contributed by atoms with Gasteiger partial charge in [-0.3, -0.25) is 14.5 Å². The van der Waals surface area contributed by atoms with Crippen LogP contribution in [-0.4, -0.2) is 21.8 Å². The number of hydrogen-bond acceptors (Lipinski definition) is 5. The Morgan fingerprint density at radius 3 is 2.41 bits per heavy atom. The Bertz CT molecular complexity index is 1490. The third-order valence-corrected chi connectivity index (χ3v) is 7.30. The molecule has 2 heterocycles. The number of aliphatic hydroxyl groups excluding tert-OH is 1. The lowest BCUT2D eigenvalue weighted by Gasteiger charge is -2.23. The Kier molecular flexibility index (Phi) is 5.58. The first kappa shape index (κ1) is 22.4. The highest BCUT2D eigenvalue weighted by Crippen LogP contribution is 2.44. The van der Waals surface area contributed by atoms with Crippen LogP contribution in [0, 0.1) is 19.7 Å². The van der Waals surface area contributed by atoms with Crippen LogP contribution < -0.4 is 4.90 Å². The summed E-state index contributed by atoms with van der Waals surface area (Å²) >= 11 is 4.73. The maximum absolute atomic E-state index is 13.5. The van der Waals surface area contributed by atoms with Gasteiger partial charge in [-0.1, -0.05) is 45.5 Å². The van der Waals surface area contributed by atoms with E-state index in [0.29, 0.717) is 10.7 Å². The summed E-state index contributed by atoms with van der Waals surface area (Å²) in [6, 6.07) is 15.4. The summed E-state index contributed by atoms with van der Waals surface area (Å²) in [6.07, 6.45) is 0. The van der Waals surface area contributed by atoms with E-state index >= 15 is 0 Å². The zero-order chi connectivity index (χ0) is 24.1. The number of aryl methyl sites for hydroxylation is 2. The van der Waals surface area contributed by atoms with E-state index in [-0.39, 0.29) is 16.9 Å². The molecule has 0 saturated carbocycles. The predicted octanol–water partition coefficient (Wildman–Crippen LogP) is 6.44. The number of anilines is 1. The van der Waals surface area contributed by atoms with Gasteiger partial charge in [-0.05, 0) is 73.0 Å². The van der Waals surface area contributed by atoms with Crippen molar-refractivity contribution in [2.75, 3.05) is 4.90 Å². The van der Waals surface area contributed by atoms with Gasteiger partial charge < -0.3 is 5.11 Å². The average molecular weight is 537 g/mol. The molecule has 1 aliphatic rings. The van der Waals surface area contributed by atoms with Crippen LogP contribution in [0.2, 0.25) is 0 Å². The number of amides is 1. The van der Waals surface area contributed by atoms with Gasteiger partial charge in [-0.15, -0.1) is 0 Å². The topological polar surface area (TPSA) is 70.5 Å². The summed E-state index contributed by atoms with van der Waals surface area (Å²) in [5, 5.41) is 11.5. The lowest BCUT2D eigenvalue weighted by Crippen LogP contribution is -2.29. The van der Waals surface area contributed by atoms with E-state index in [0.717, 1.165) is 25.8 Å². The number of hydrogen-bond donors (Lipinski definition) is 1. The molecule has 1 aromatic heterocycles.